The van der Waals surface area contributed by atoms with Crippen LogP contribution >= 0.6 is 11.8 Å². The molecular weight excluding hydrogens is 274 g/mol. The molecule has 1 unspecified atom stereocenters. The number of rotatable bonds is 8. The van der Waals surface area contributed by atoms with Crippen LogP contribution in [-0.2, 0) is 4.79 Å². The van der Waals surface area contributed by atoms with Crippen LogP contribution in [-0.4, -0.2) is 39.9 Å². The van der Waals surface area contributed by atoms with Gasteiger partial charge in [0.1, 0.15) is 5.75 Å². The topological polar surface area (TPSA) is 69.9 Å². The lowest BCUT2D eigenvalue weighted by Gasteiger charge is -2.23. The Morgan fingerprint density at radius 1 is 1.50 bits per heavy atom. The third-order valence-electron chi connectivity index (χ3n) is 2.99. The highest BCUT2D eigenvalue weighted by Gasteiger charge is 2.35. The van der Waals surface area contributed by atoms with Gasteiger partial charge in [-0.1, -0.05) is 18.2 Å². The van der Waals surface area contributed by atoms with Crippen LogP contribution in [0.2, 0.25) is 0 Å². The number of phenolic OH excluding ortho intramolecular Hbond substituents is 1. The molecule has 1 atom stereocenters. The normalized spacial score (nSPS) is 14.1. The highest BCUT2D eigenvalue weighted by molar-refractivity contribution is 7.98. The maximum absolute atomic E-state index is 11.6. The molecule has 1 rings (SSSR count). The van der Waals surface area contributed by atoms with Crippen LogP contribution in [0.4, 0.5) is 0 Å². The molecule has 0 heterocycles. The maximum Gasteiger partial charge on any atom is 0.331 e. The zero-order valence-electron chi connectivity index (χ0n) is 11.5. The summed E-state index contributed by atoms with van der Waals surface area (Å²) >= 11 is 1.58. The van der Waals surface area contributed by atoms with Crippen LogP contribution in [0.15, 0.2) is 41.9 Å². The summed E-state index contributed by atoms with van der Waals surface area (Å²) in [5.74, 6) is -0.199. The molecule has 0 spiro atoms. The number of aliphatic carboxylic acids is 1. The van der Waals surface area contributed by atoms with Gasteiger partial charge in [0.2, 0.25) is 0 Å². The number of carboxylic acids is 1. The summed E-state index contributed by atoms with van der Waals surface area (Å²) in [4.78, 5) is 15.8. The van der Waals surface area contributed by atoms with Crippen molar-refractivity contribution in [3.63, 3.8) is 0 Å². The van der Waals surface area contributed by atoms with Crippen molar-refractivity contribution in [1.82, 2.24) is 0 Å². The Hall–Kier alpha value is -1.75. The molecule has 0 aromatic heterocycles. The van der Waals surface area contributed by atoms with E-state index in [4.69, 9.17) is 0 Å². The summed E-state index contributed by atoms with van der Waals surface area (Å²) in [6, 6.07) is 6.70. The van der Waals surface area contributed by atoms with Crippen LogP contribution in [0.3, 0.4) is 0 Å². The first-order chi connectivity index (χ1) is 9.55. The Bertz CT molecular complexity index is 502. The first-order valence-electron chi connectivity index (χ1n) is 6.22. The van der Waals surface area contributed by atoms with Gasteiger partial charge in [0.25, 0.3) is 0 Å². The Morgan fingerprint density at radius 2 is 2.20 bits per heavy atom. The van der Waals surface area contributed by atoms with E-state index >= 15 is 0 Å². The molecule has 108 valence electrons. The number of hydrogen-bond acceptors (Lipinski definition) is 4. The number of hydrogen-bond donors (Lipinski definition) is 2. The fourth-order valence-electron chi connectivity index (χ4n) is 1.77. The quantitative estimate of drug-likeness (QED) is 0.571. The molecule has 4 nitrogen and oxygen atoms in total. The van der Waals surface area contributed by atoms with Crippen LogP contribution in [0.5, 0.6) is 5.75 Å². The summed E-state index contributed by atoms with van der Waals surface area (Å²) in [7, 11) is 0. The molecule has 0 amide bonds. The molecule has 0 aliphatic carbocycles. The van der Waals surface area contributed by atoms with Gasteiger partial charge in [-0.2, -0.15) is 11.8 Å². The van der Waals surface area contributed by atoms with Crippen molar-refractivity contribution in [3.05, 3.63) is 42.5 Å². The van der Waals surface area contributed by atoms with Crippen LogP contribution in [0, 0.1) is 0 Å². The highest BCUT2D eigenvalue weighted by atomic mass is 32.2. The van der Waals surface area contributed by atoms with Crippen molar-refractivity contribution >= 4 is 23.9 Å². The second-order valence-corrected chi connectivity index (χ2v) is 5.37. The minimum absolute atomic E-state index is 0.0824. The second-order valence-electron chi connectivity index (χ2n) is 4.39. The number of aliphatic imine (C=N–C) groups is 1. The number of phenols is 1. The summed E-state index contributed by atoms with van der Waals surface area (Å²) in [5, 5.41) is 19.2. The lowest BCUT2D eigenvalue weighted by Crippen LogP contribution is -2.37. The van der Waals surface area contributed by atoms with Crippen molar-refractivity contribution in [1.29, 1.82) is 0 Å². The van der Waals surface area contributed by atoms with E-state index in [1.165, 1.54) is 6.21 Å². The molecule has 0 fully saturated rings. The van der Waals surface area contributed by atoms with Gasteiger partial charge >= 0.3 is 5.97 Å². The van der Waals surface area contributed by atoms with Crippen molar-refractivity contribution < 1.29 is 15.0 Å². The van der Waals surface area contributed by atoms with Crippen molar-refractivity contribution in [2.45, 2.75) is 18.4 Å². The first kappa shape index (κ1) is 16.3. The maximum atomic E-state index is 11.6. The van der Waals surface area contributed by atoms with E-state index in [2.05, 4.69) is 11.6 Å². The van der Waals surface area contributed by atoms with Crippen molar-refractivity contribution in [3.8, 4) is 5.75 Å². The Balaban J connectivity index is 3.07. The summed E-state index contributed by atoms with van der Waals surface area (Å²) in [6.07, 6.45) is 5.59. The Labute approximate surface area is 123 Å². The Kier molecular flexibility index (Phi) is 6.31. The molecule has 0 bridgehead atoms. The molecule has 2 N–H and O–H groups in total. The van der Waals surface area contributed by atoms with E-state index in [-0.39, 0.29) is 12.2 Å². The molecule has 1 aromatic carbocycles. The number of carboxylic acid groups (broad SMARTS) is 1. The molecule has 0 aliphatic rings. The van der Waals surface area contributed by atoms with Crippen molar-refractivity contribution in [2.24, 2.45) is 4.99 Å². The van der Waals surface area contributed by atoms with Crippen molar-refractivity contribution in [2.75, 3.05) is 12.0 Å². The lowest BCUT2D eigenvalue weighted by molar-refractivity contribution is -0.143. The van der Waals surface area contributed by atoms with Gasteiger partial charge < -0.3 is 10.2 Å². The van der Waals surface area contributed by atoms with E-state index in [0.29, 0.717) is 17.7 Å². The number of para-hydroxylation sites is 1. The smallest absolute Gasteiger partial charge is 0.331 e. The van der Waals surface area contributed by atoms with Gasteiger partial charge in [-0.25, -0.2) is 4.79 Å². The standard InChI is InChI=1S/C15H19NO3S/c1-3-8-15(14(18)19,9-10-20-2)16-11-12-6-4-5-7-13(12)17/h3-7,11,17H,1,8-10H2,2H3,(H,18,19). The summed E-state index contributed by atoms with van der Waals surface area (Å²) < 4.78 is 0. The largest absolute Gasteiger partial charge is 0.507 e. The molecule has 0 saturated heterocycles. The Morgan fingerprint density at radius 3 is 2.75 bits per heavy atom. The lowest BCUT2D eigenvalue weighted by atomic mass is 9.92. The number of benzene rings is 1. The number of aromatic hydroxyl groups is 1. The van der Waals surface area contributed by atoms with E-state index in [9.17, 15) is 15.0 Å². The van der Waals surface area contributed by atoms with E-state index < -0.39 is 11.5 Å². The van der Waals surface area contributed by atoms with Gasteiger partial charge in [-0.3, -0.25) is 4.99 Å². The van der Waals surface area contributed by atoms with Gasteiger partial charge in [0.15, 0.2) is 5.54 Å². The zero-order chi connectivity index (χ0) is 15.0. The number of carbonyl (C=O) groups is 1. The number of thioether (sulfide) groups is 1. The SMILES string of the molecule is C=CCC(CCSC)(N=Cc1ccccc1O)C(=O)O. The molecule has 20 heavy (non-hydrogen) atoms. The third-order valence-corrected chi connectivity index (χ3v) is 3.60. The van der Waals surface area contributed by atoms with Gasteiger partial charge in [0.05, 0.1) is 0 Å². The van der Waals surface area contributed by atoms with E-state index in [1.54, 1.807) is 42.1 Å². The fraction of sp³-hybridized carbons (Fsp3) is 0.333. The fourth-order valence-corrected chi connectivity index (χ4v) is 2.31. The molecule has 0 radical (unpaired) electrons. The molecule has 0 saturated carbocycles. The first-order valence-corrected chi connectivity index (χ1v) is 7.61. The molecule has 0 aliphatic heterocycles. The summed E-state index contributed by atoms with van der Waals surface area (Å²) in [5.41, 5.74) is -0.709. The highest BCUT2D eigenvalue weighted by Crippen LogP contribution is 2.25. The van der Waals surface area contributed by atoms with Crippen LogP contribution in [0.1, 0.15) is 18.4 Å². The van der Waals surface area contributed by atoms with Crippen LogP contribution < -0.4 is 0 Å². The van der Waals surface area contributed by atoms with E-state index in [1.807, 2.05) is 6.26 Å². The molecule has 5 heteroatoms. The predicted octanol–water partition coefficient (Wildman–Crippen LogP) is 2.96. The third kappa shape index (κ3) is 4.13. The summed E-state index contributed by atoms with van der Waals surface area (Å²) in [6.45, 7) is 3.62. The minimum atomic E-state index is -1.22. The van der Waals surface area contributed by atoms with E-state index in [0.717, 1.165) is 0 Å². The monoisotopic (exact) mass is 293 g/mol. The number of nitrogens with zero attached hydrogens (tertiary/aromatic N) is 1. The van der Waals surface area contributed by atoms with Gasteiger partial charge in [-0.05, 0) is 30.6 Å². The zero-order valence-corrected chi connectivity index (χ0v) is 12.3. The minimum Gasteiger partial charge on any atom is -0.507 e. The van der Waals surface area contributed by atoms with Crippen LogP contribution in [0.25, 0.3) is 0 Å². The average Bonchev–Trinajstić information content (AvgIpc) is 2.43. The molecular formula is C15H19NO3S. The van der Waals surface area contributed by atoms with Gasteiger partial charge in [0, 0.05) is 18.2 Å². The predicted molar refractivity (Wildman–Crippen MR) is 83.9 cm³/mol. The average molecular weight is 293 g/mol. The van der Waals surface area contributed by atoms with Gasteiger partial charge in [-0.15, -0.1) is 6.58 Å². The molecule has 1 aromatic rings. The second kappa shape index (κ2) is 7.75.